The second kappa shape index (κ2) is 8.08. The van der Waals surface area contributed by atoms with Crippen LogP contribution in [0.5, 0.6) is 0 Å². The zero-order chi connectivity index (χ0) is 18.6. The molecule has 0 amide bonds. The van der Waals surface area contributed by atoms with Gasteiger partial charge in [0.15, 0.2) is 11.8 Å². The van der Waals surface area contributed by atoms with Crippen molar-refractivity contribution in [2.75, 3.05) is 26.2 Å². The molecule has 0 bridgehead atoms. The molecule has 0 radical (unpaired) electrons. The Kier molecular flexibility index (Phi) is 5.38. The van der Waals surface area contributed by atoms with Crippen LogP contribution in [0.2, 0.25) is 0 Å². The van der Waals surface area contributed by atoms with Gasteiger partial charge < -0.3 is 14.8 Å². The lowest BCUT2D eigenvalue weighted by molar-refractivity contribution is 0.172. The molecule has 4 rings (SSSR count). The molecule has 1 saturated heterocycles. The molecule has 2 aromatic rings. The van der Waals surface area contributed by atoms with Gasteiger partial charge in [-0.2, -0.15) is 0 Å². The van der Waals surface area contributed by atoms with Crippen LogP contribution in [-0.2, 0) is 20.1 Å². The Hall–Kier alpha value is -2.41. The van der Waals surface area contributed by atoms with Crippen LogP contribution in [-0.4, -0.2) is 62.7 Å². The van der Waals surface area contributed by atoms with E-state index in [1.165, 1.54) is 18.4 Å². The van der Waals surface area contributed by atoms with Crippen molar-refractivity contribution in [3.05, 3.63) is 47.5 Å². The predicted octanol–water partition coefficient (Wildman–Crippen LogP) is 1.55. The normalized spacial score (nSPS) is 18.7. The summed E-state index contributed by atoms with van der Waals surface area (Å²) in [4.78, 5) is 9.78. The molecule has 0 atom stereocenters. The van der Waals surface area contributed by atoms with E-state index in [9.17, 15) is 0 Å². The second-order valence-corrected chi connectivity index (χ2v) is 7.53. The maximum absolute atomic E-state index is 4.87. The highest BCUT2D eigenvalue weighted by Crippen LogP contribution is 2.19. The highest BCUT2D eigenvalue weighted by molar-refractivity contribution is 5.80. The minimum absolute atomic E-state index is 0.566. The number of hydrogen-bond donors (Lipinski definition) is 1. The number of guanidine groups is 1. The summed E-state index contributed by atoms with van der Waals surface area (Å²) in [6.07, 6.45) is 2.49. The summed E-state index contributed by atoms with van der Waals surface area (Å²) in [5.41, 5.74) is 1.38. The van der Waals surface area contributed by atoms with Gasteiger partial charge in [-0.1, -0.05) is 30.3 Å². The second-order valence-electron chi connectivity index (χ2n) is 7.53. The molecule has 2 aliphatic rings. The first-order chi connectivity index (χ1) is 13.2. The van der Waals surface area contributed by atoms with Crippen LogP contribution in [0.1, 0.15) is 30.1 Å². The lowest BCUT2D eigenvalue weighted by atomic mass is 10.2. The molecule has 2 heterocycles. The Morgan fingerprint density at radius 1 is 1.11 bits per heavy atom. The Morgan fingerprint density at radius 3 is 2.48 bits per heavy atom. The van der Waals surface area contributed by atoms with Gasteiger partial charge in [-0.05, 0) is 25.3 Å². The molecule has 0 unspecified atom stereocenters. The van der Waals surface area contributed by atoms with E-state index in [0.717, 1.165) is 50.3 Å². The highest BCUT2D eigenvalue weighted by Gasteiger charge is 2.26. The van der Waals surface area contributed by atoms with Crippen LogP contribution in [0.15, 0.2) is 35.3 Å². The van der Waals surface area contributed by atoms with Gasteiger partial charge in [0.2, 0.25) is 0 Å². The number of benzene rings is 1. The van der Waals surface area contributed by atoms with Gasteiger partial charge in [0.1, 0.15) is 12.4 Å². The molecule has 7 nitrogen and oxygen atoms in total. The average Bonchev–Trinajstić information content (AvgIpc) is 3.46. The van der Waals surface area contributed by atoms with Crippen molar-refractivity contribution in [2.24, 2.45) is 12.0 Å². The lowest BCUT2D eigenvalue weighted by Crippen LogP contribution is -2.52. The zero-order valence-corrected chi connectivity index (χ0v) is 16.3. The largest absolute Gasteiger partial charge is 0.353 e. The maximum Gasteiger partial charge on any atom is 0.194 e. The van der Waals surface area contributed by atoms with Gasteiger partial charge in [0.25, 0.3) is 0 Å². The van der Waals surface area contributed by atoms with E-state index < -0.39 is 0 Å². The van der Waals surface area contributed by atoms with Crippen molar-refractivity contribution in [2.45, 2.75) is 38.9 Å². The Morgan fingerprint density at radius 2 is 1.85 bits per heavy atom. The summed E-state index contributed by atoms with van der Waals surface area (Å²) in [7, 11) is 2.00. The fraction of sp³-hybridized carbons (Fsp3) is 0.550. The molecular weight excluding hydrogens is 338 g/mol. The van der Waals surface area contributed by atoms with Crippen LogP contribution in [0.25, 0.3) is 0 Å². The average molecular weight is 368 g/mol. The Bertz CT molecular complexity index is 771. The molecule has 144 valence electrons. The lowest BCUT2D eigenvalue weighted by Gasteiger charge is -2.36. The quantitative estimate of drug-likeness (QED) is 0.642. The van der Waals surface area contributed by atoms with Gasteiger partial charge in [-0.15, -0.1) is 10.2 Å². The first-order valence-electron chi connectivity index (χ1n) is 9.86. The van der Waals surface area contributed by atoms with Gasteiger partial charge >= 0.3 is 0 Å². The minimum Gasteiger partial charge on any atom is -0.353 e. The minimum atomic E-state index is 0.566. The fourth-order valence-corrected chi connectivity index (χ4v) is 3.34. The molecule has 1 N–H and O–H groups in total. The monoisotopic (exact) mass is 367 g/mol. The van der Waals surface area contributed by atoms with Crippen LogP contribution >= 0.6 is 0 Å². The van der Waals surface area contributed by atoms with Gasteiger partial charge in [-0.3, -0.25) is 4.90 Å². The number of piperazine rings is 1. The molecule has 1 aromatic heterocycles. The summed E-state index contributed by atoms with van der Waals surface area (Å²) in [6.45, 7) is 7.68. The summed E-state index contributed by atoms with van der Waals surface area (Å²) in [5, 5.41) is 12.0. The number of hydrogen-bond acceptors (Lipinski definition) is 4. The topological polar surface area (TPSA) is 61.6 Å². The number of aromatic nitrogens is 3. The molecule has 1 aromatic carbocycles. The third kappa shape index (κ3) is 4.66. The van der Waals surface area contributed by atoms with Crippen molar-refractivity contribution in [3.63, 3.8) is 0 Å². The predicted molar refractivity (Wildman–Crippen MR) is 106 cm³/mol. The Balaban J connectivity index is 1.36. The molecule has 1 saturated carbocycles. The summed E-state index contributed by atoms with van der Waals surface area (Å²) < 4.78 is 2.01. The van der Waals surface area contributed by atoms with Crippen LogP contribution in [0, 0.1) is 6.92 Å². The molecule has 1 aliphatic heterocycles. The van der Waals surface area contributed by atoms with Gasteiger partial charge in [-0.25, -0.2) is 4.99 Å². The molecule has 1 aliphatic carbocycles. The third-order valence-corrected chi connectivity index (χ3v) is 5.38. The zero-order valence-electron chi connectivity index (χ0n) is 16.3. The molecule has 27 heavy (non-hydrogen) atoms. The molecule has 7 heteroatoms. The highest BCUT2D eigenvalue weighted by atomic mass is 15.4. The SMILES string of the molecule is Cc1nnc(CN=C(NC2CC2)N2CCN(Cc3ccccc3)CC2)n1C. The fourth-order valence-electron chi connectivity index (χ4n) is 3.34. The van der Waals surface area contributed by atoms with Crippen molar-refractivity contribution in [1.82, 2.24) is 29.9 Å². The third-order valence-electron chi connectivity index (χ3n) is 5.38. The van der Waals surface area contributed by atoms with Crippen molar-refractivity contribution in [1.29, 1.82) is 0 Å². The van der Waals surface area contributed by atoms with E-state index >= 15 is 0 Å². The smallest absolute Gasteiger partial charge is 0.194 e. The first-order valence-corrected chi connectivity index (χ1v) is 9.86. The summed E-state index contributed by atoms with van der Waals surface area (Å²) in [6, 6.07) is 11.3. The van der Waals surface area contributed by atoms with Crippen molar-refractivity contribution in [3.8, 4) is 0 Å². The standard InChI is InChI=1S/C20H29N7/c1-16-23-24-19(25(16)2)14-21-20(22-18-8-9-18)27-12-10-26(11-13-27)15-17-6-4-3-5-7-17/h3-7,18H,8-15H2,1-2H3,(H,21,22). The van der Waals surface area contributed by atoms with Crippen LogP contribution < -0.4 is 5.32 Å². The van der Waals surface area contributed by atoms with E-state index in [1.807, 2.05) is 18.5 Å². The molecule has 0 spiro atoms. The molecular formula is C20H29N7. The number of nitrogens with one attached hydrogen (secondary N) is 1. The number of aryl methyl sites for hydroxylation is 1. The first kappa shape index (κ1) is 18.0. The van der Waals surface area contributed by atoms with E-state index in [2.05, 4.69) is 55.6 Å². The van der Waals surface area contributed by atoms with E-state index in [4.69, 9.17) is 4.99 Å². The number of nitrogens with zero attached hydrogens (tertiary/aromatic N) is 6. The van der Waals surface area contributed by atoms with Crippen LogP contribution in [0.4, 0.5) is 0 Å². The maximum atomic E-state index is 4.87. The molecule has 2 fully saturated rings. The summed E-state index contributed by atoms with van der Waals surface area (Å²) in [5.74, 6) is 2.86. The van der Waals surface area contributed by atoms with Gasteiger partial charge in [0.05, 0.1) is 0 Å². The van der Waals surface area contributed by atoms with Crippen LogP contribution in [0.3, 0.4) is 0 Å². The van der Waals surface area contributed by atoms with E-state index in [-0.39, 0.29) is 0 Å². The van der Waals surface area contributed by atoms with Crippen molar-refractivity contribution >= 4 is 5.96 Å². The Labute approximate surface area is 161 Å². The number of aliphatic imine (C=N–C) groups is 1. The number of rotatable bonds is 5. The van der Waals surface area contributed by atoms with E-state index in [1.54, 1.807) is 0 Å². The van der Waals surface area contributed by atoms with Crippen molar-refractivity contribution < 1.29 is 0 Å². The van der Waals surface area contributed by atoms with Gasteiger partial charge in [0, 0.05) is 45.8 Å². The summed E-state index contributed by atoms with van der Waals surface area (Å²) >= 11 is 0. The van der Waals surface area contributed by atoms with E-state index in [0.29, 0.717) is 12.6 Å².